The summed E-state index contributed by atoms with van der Waals surface area (Å²) < 4.78 is 27.8. The lowest BCUT2D eigenvalue weighted by molar-refractivity contribution is -0.211. The number of aliphatic hydroxyl groups is 3. The van der Waals surface area contributed by atoms with Gasteiger partial charge < -0.3 is 29.7 Å². The van der Waals surface area contributed by atoms with Gasteiger partial charge in [-0.1, -0.05) is 44.3 Å². The minimum Gasteiger partial charge on any atom is -0.394 e. The predicted octanol–water partition coefficient (Wildman–Crippen LogP) is 3.65. The minimum atomic E-state index is -1.40. The molecule has 0 unspecified atom stereocenters. The number of ether oxygens (including phenoxy) is 2. The van der Waals surface area contributed by atoms with Crippen molar-refractivity contribution in [3.63, 3.8) is 0 Å². The predicted molar refractivity (Wildman–Crippen MR) is 157 cm³/mol. The Morgan fingerprint density at radius 3 is 2.67 bits per heavy atom. The smallest absolute Gasteiger partial charge is 0.259 e. The molecule has 3 aromatic rings. The normalized spacial score (nSPS) is 27.2. The van der Waals surface area contributed by atoms with Crippen molar-refractivity contribution in [2.75, 3.05) is 18.6 Å². The van der Waals surface area contributed by atoms with E-state index in [1.165, 1.54) is 35.0 Å². The van der Waals surface area contributed by atoms with Crippen LogP contribution < -0.4 is 4.90 Å². The minimum absolute atomic E-state index is 0.0283. The number of nitrogens with zero attached hydrogens (tertiary/aromatic N) is 5. The molecular weight excluding hydrogens is 672 g/mol. The van der Waals surface area contributed by atoms with E-state index in [4.69, 9.17) is 32.7 Å². The highest BCUT2D eigenvalue weighted by Crippen LogP contribution is 2.38. The molecule has 1 aromatic heterocycles. The molecule has 1 amide bonds. The maximum Gasteiger partial charge on any atom is 0.259 e. The summed E-state index contributed by atoms with van der Waals surface area (Å²) in [5, 5.41) is 49.7. The van der Waals surface area contributed by atoms with Crippen molar-refractivity contribution in [1.29, 1.82) is 5.26 Å². The highest BCUT2D eigenvalue weighted by Gasteiger charge is 2.52. The molecule has 1 aliphatic heterocycles. The van der Waals surface area contributed by atoms with E-state index in [0.29, 0.717) is 29.4 Å². The Morgan fingerprint density at radius 1 is 1.28 bits per heavy atom. The van der Waals surface area contributed by atoms with Crippen LogP contribution in [0.2, 0.25) is 10.0 Å². The second-order valence-corrected chi connectivity index (χ2v) is 12.1. The number of benzene rings is 2. The van der Waals surface area contributed by atoms with E-state index in [-0.39, 0.29) is 26.9 Å². The van der Waals surface area contributed by atoms with Crippen molar-refractivity contribution < 1.29 is 34.0 Å². The van der Waals surface area contributed by atoms with Gasteiger partial charge in [0.2, 0.25) is 0 Å². The van der Waals surface area contributed by atoms with Gasteiger partial charge in [0.05, 0.1) is 46.6 Å². The summed E-state index contributed by atoms with van der Waals surface area (Å²) in [4.78, 5) is 15.8. The van der Waals surface area contributed by atoms with Crippen LogP contribution in [0.1, 0.15) is 30.9 Å². The van der Waals surface area contributed by atoms with Crippen LogP contribution in [0, 0.1) is 17.1 Å². The molecule has 11 nitrogen and oxygen atoms in total. The molecule has 5 rings (SSSR count). The molecule has 228 valence electrons. The number of aromatic nitrogens is 3. The molecule has 15 heteroatoms. The van der Waals surface area contributed by atoms with Gasteiger partial charge in [0.15, 0.2) is 6.10 Å². The van der Waals surface area contributed by atoms with Crippen molar-refractivity contribution in [3.8, 4) is 17.3 Å². The number of anilines is 1. The zero-order chi connectivity index (χ0) is 31.0. The largest absolute Gasteiger partial charge is 0.394 e. The Balaban J connectivity index is 1.55. The Kier molecular flexibility index (Phi) is 9.70. The summed E-state index contributed by atoms with van der Waals surface area (Å²) in [6.07, 6.45) is -2.95. The van der Waals surface area contributed by atoms with Crippen LogP contribution in [0.15, 0.2) is 41.0 Å². The first kappa shape index (κ1) is 31.7. The maximum absolute atomic E-state index is 14.4. The number of hydrogen-bond acceptors (Lipinski definition) is 9. The summed E-state index contributed by atoms with van der Waals surface area (Å²) in [6.45, 7) is -0.640. The quantitative estimate of drug-likeness (QED) is 0.314. The number of carbonyl (C=O) groups is 1. The molecule has 1 saturated carbocycles. The third-order valence-corrected chi connectivity index (χ3v) is 9.02. The summed E-state index contributed by atoms with van der Waals surface area (Å²) in [5.41, 5.74) is 1.11. The van der Waals surface area contributed by atoms with Crippen LogP contribution in [-0.4, -0.2) is 86.5 Å². The fourth-order valence-electron chi connectivity index (χ4n) is 5.74. The fourth-order valence-corrected chi connectivity index (χ4v) is 6.53. The van der Waals surface area contributed by atoms with Crippen LogP contribution in [0.25, 0.3) is 11.3 Å². The molecule has 7 atom stereocenters. The van der Waals surface area contributed by atoms with Gasteiger partial charge >= 0.3 is 0 Å². The van der Waals surface area contributed by atoms with Gasteiger partial charge in [0.1, 0.15) is 35.9 Å². The lowest BCUT2D eigenvalue weighted by Gasteiger charge is -2.45. The van der Waals surface area contributed by atoms with E-state index in [2.05, 4.69) is 32.3 Å². The molecule has 1 aliphatic carbocycles. The van der Waals surface area contributed by atoms with E-state index in [9.17, 15) is 29.8 Å². The first-order valence-electron chi connectivity index (χ1n) is 13.3. The van der Waals surface area contributed by atoms with Crippen molar-refractivity contribution >= 4 is 50.7 Å². The van der Waals surface area contributed by atoms with Gasteiger partial charge in [-0.25, -0.2) is 9.07 Å². The molecule has 2 aromatic carbocycles. The van der Waals surface area contributed by atoms with Crippen molar-refractivity contribution in [2.45, 2.75) is 61.9 Å². The average Bonchev–Trinajstić information content (AvgIpc) is 3.64. The third kappa shape index (κ3) is 6.16. The standard InChI is InChI=1S/C28H27BrCl2FN5O6/c1-42-26-24(36-11-19(34-35-36)14-7-17(30)23(31)18(32)8-14)25(40)22(12-38)43-27(26)28(41)37(20-3-2-4-21(20)39)16-6-13(10-33)5-15(29)9-16/h5-9,11,20-22,24-27,38-40H,2-4,12H2,1H3/t20-,21-,22+,24-,25-,26+,27+/m0/s1. The van der Waals surface area contributed by atoms with Gasteiger partial charge in [-0.05, 0) is 49.6 Å². The number of methoxy groups -OCH3 is 1. The molecule has 1 saturated heterocycles. The third-order valence-electron chi connectivity index (χ3n) is 7.78. The van der Waals surface area contributed by atoms with Crippen LogP contribution in [0.4, 0.5) is 10.1 Å². The number of aliphatic hydroxyl groups excluding tert-OH is 3. The monoisotopic (exact) mass is 697 g/mol. The number of amides is 1. The molecule has 0 radical (unpaired) electrons. The lowest BCUT2D eigenvalue weighted by atomic mass is 9.91. The summed E-state index contributed by atoms with van der Waals surface area (Å²) in [5.74, 6) is -1.37. The Bertz CT molecular complexity index is 1530. The van der Waals surface area contributed by atoms with E-state index in [1.54, 1.807) is 12.1 Å². The van der Waals surface area contributed by atoms with Gasteiger partial charge in [0.25, 0.3) is 5.91 Å². The highest BCUT2D eigenvalue weighted by atomic mass is 79.9. The van der Waals surface area contributed by atoms with Gasteiger partial charge in [0, 0.05) is 22.8 Å². The molecule has 0 bridgehead atoms. The van der Waals surface area contributed by atoms with Crippen LogP contribution >= 0.6 is 39.1 Å². The van der Waals surface area contributed by atoms with Crippen molar-refractivity contribution in [2.24, 2.45) is 0 Å². The van der Waals surface area contributed by atoms with Crippen molar-refractivity contribution in [1.82, 2.24) is 15.0 Å². The molecule has 2 heterocycles. The van der Waals surface area contributed by atoms with Crippen LogP contribution in [-0.2, 0) is 14.3 Å². The Labute approximate surface area is 264 Å². The fraction of sp³-hybridized carbons (Fsp3) is 0.429. The van der Waals surface area contributed by atoms with Gasteiger partial charge in [-0.15, -0.1) is 5.10 Å². The first-order chi connectivity index (χ1) is 20.6. The van der Waals surface area contributed by atoms with Gasteiger partial charge in [-0.2, -0.15) is 5.26 Å². The molecule has 3 N–H and O–H groups in total. The SMILES string of the molecule is CO[C@@H]1[C@@H](n2cc(-c3cc(F)c(Cl)c(Cl)c3)nn2)[C@@H](O)[C@@H](CO)O[C@H]1C(=O)N(c1cc(Br)cc(C#N)c1)[C@H]1CCC[C@@H]1O. The van der Waals surface area contributed by atoms with Gasteiger partial charge in [-0.3, -0.25) is 4.79 Å². The number of nitriles is 1. The molecule has 2 aliphatic rings. The summed E-state index contributed by atoms with van der Waals surface area (Å²) in [7, 11) is 1.33. The molecule has 43 heavy (non-hydrogen) atoms. The van der Waals surface area contributed by atoms with Crippen LogP contribution in [0.5, 0.6) is 0 Å². The number of halogens is 4. The zero-order valence-corrected chi connectivity index (χ0v) is 25.7. The molecule has 2 fully saturated rings. The first-order valence-corrected chi connectivity index (χ1v) is 14.9. The molecular formula is C28H27BrCl2FN5O6. The van der Waals surface area contributed by atoms with E-state index >= 15 is 0 Å². The number of carbonyl (C=O) groups excluding carboxylic acids is 1. The average molecular weight is 699 g/mol. The number of hydrogen-bond donors (Lipinski definition) is 3. The Morgan fingerprint density at radius 2 is 2.05 bits per heavy atom. The zero-order valence-electron chi connectivity index (χ0n) is 22.6. The summed E-state index contributed by atoms with van der Waals surface area (Å²) >= 11 is 15.3. The number of rotatable bonds is 7. The second kappa shape index (κ2) is 13.1. The van der Waals surface area contributed by atoms with E-state index in [0.717, 1.165) is 6.07 Å². The topological polar surface area (TPSA) is 154 Å². The lowest BCUT2D eigenvalue weighted by Crippen LogP contribution is -2.62. The van der Waals surface area contributed by atoms with Crippen molar-refractivity contribution in [3.05, 3.63) is 62.4 Å². The molecule has 0 spiro atoms. The maximum atomic E-state index is 14.4. The summed E-state index contributed by atoms with van der Waals surface area (Å²) in [6, 6.07) is 7.69. The second-order valence-electron chi connectivity index (χ2n) is 10.4. The van der Waals surface area contributed by atoms with E-state index < -0.39 is 60.9 Å². The highest BCUT2D eigenvalue weighted by molar-refractivity contribution is 9.10. The Hall–Kier alpha value is -2.67. The van der Waals surface area contributed by atoms with Crippen LogP contribution in [0.3, 0.4) is 0 Å². The van der Waals surface area contributed by atoms with E-state index in [1.807, 2.05) is 0 Å².